The first-order valence-electron chi connectivity index (χ1n) is 6.99. The number of aromatic nitrogens is 2. The number of Topliss-reactive ketones (excluding diaryl/α,β-unsaturated/α-hetero) is 1. The molecule has 1 aromatic rings. The summed E-state index contributed by atoms with van der Waals surface area (Å²) in [6, 6.07) is 1.76. The number of nitrogens with zero attached hydrogens (tertiary/aromatic N) is 2. The number of nitrogens with one attached hydrogen (secondary N) is 1. The van der Waals surface area contributed by atoms with E-state index in [0.717, 1.165) is 6.42 Å². The summed E-state index contributed by atoms with van der Waals surface area (Å²) in [6.45, 7) is 6.64. The summed E-state index contributed by atoms with van der Waals surface area (Å²) in [5.74, 6) is 0.594. The van der Waals surface area contributed by atoms with E-state index in [1.165, 1.54) is 0 Å². The number of ether oxygens (including phenoxy) is 1. The Labute approximate surface area is 118 Å². The molecule has 1 fully saturated rings. The Kier molecular flexibility index (Phi) is 4.54. The average Bonchev–Trinajstić information content (AvgIpc) is 2.75. The van der Waals surface area contributed by atoms with Gasteiger partial charge in [0.15, 0.2) is 0 Å². The summed E-state index contributed by atoms with van der Waals surface area (Å²) in [5, 5.41) is 3.09. The smallest absolute Gasteiger partial charge is 0.349 e. The third-order valence-electron chi connectivity index (χ3n) is 3.72. The molecule has 110 valence electrons. The lowest BCUT2D eigenvalue weighted by Gasteiger charge is -2.18. The molecule has 1 aromatic heterocycles. The first-order chi connectivity index (χ1) is 9.52. The second-order valence-electron chi connectivity index (χ2n) is 5.26. The van der Waals surface area contributed by atoms with Crippen LogP contribution in [0.25, 0.3) is 0 Å². The van der Waals surface area contributed by atoms with Crippen LogP contribution in [0.5, 0.6) is 0 Å². The fraction of sp³-hybridized carbons (Fsp3) is 0.643. The van der Waals surface area contributed by atoms with Crippen molar-refractivity contribution in [2.45, 2.75) is 40.0 Å². The number of hydrogen-bond acceptors (Lipinski definition) is 5. The van der Waals surface area contributed by atoms with Crippen molar-refractivity contribution in [2.24, 2.45) is 11.8 Å². The van der Waals surface area contributed by atoms with E-state index in [4.69, 9.17) is 4.74 Å². The zero-order chi connectivity index (χ0) is 14.7. The van der Waals surface area contributed by atoms with E-state index in [9.17, 15) is 9.59 Å². The van der Waals surface area contributed by atoms with Gasteiger partial charge >= 0.3 is 5.69 Å². The van der Waals surface area contributed by atoms with Crippen molar-refractivity contribution in [2.75, 3.05) is 11.9 Å². The van der Waals surface area contributed by atoms with Gasteiger partial charge in [-0.15, -0.1) is 0 Å². The van der Waals surface area contributed by atoms with Crippen molar-refractivity contribution >= 4 is 11.6 Å². The van der Waals surface area contributed by atoms with Gasteiger partial charge in [-0.05, 0) is 19.4 Å². The van der Waals surface area contributed by atoms with E-state index in [1.54, 1.807) is 23.8 Å². The van der Waals surface area contributed by atoms with Gasteiger partial charge < -0.3 is 10.1 Å². The maximum absolute atomic E-state index is 11.8. The van der Waals surface area contributed by atoms with Crippen molar-refractivity contribution in [3.63, 3.8) is 0 Å². The second-order valence-corrected chi connectivity index (χ2v) is 5.26. The Hall–Kier alpha value is -1.69. The zero-order valence-electron chi connectivity index (χ0n) is 12.1. The standard InChI is InChI=1S/C14H21N3O3/c1-4-6-17-7-5-12(16-14(17)19)15-13-9(2)11(8-20-13)10(3)18/h5,7,9,11,13H,4,6,8H2,1-3H3,(H,15,16,19)/t9-,11-,13-/m0/s1. The van der Waals surface area contributed by atoms with Crippen LogP contribution in [0.3, 0.4) is 0 Å². The number of aryl methyl sites for hydroxylation is 1. The number of carbonyl (C=O) groups is 1. The minimum absolute atomic E-state index is 0.0624. The van der Waals surface area contributed by atoms with Crippen LogP contribution in [-0.4, -0.2) is 28.2 Å². The van der Waals surface area contributed by atoms with Crippen LogP contribution in [0.2, 0.25) is 0 Å². The molecule has 1 saturated heterocycles. The Morgan fingerprint density at radius 1 is 1.60 bits per heavy atom. The Bertz CT molecular complexity index is 541. The predicted molar refractivity (Wildman–Crippen MR) is 75.5 cm³/mol. The highest BCUT2D eigenvalue weighted by atomic mass is 16.5. The van der Waals surface area contributed by atoms with E-state index in [-0.39, 0.29) is 29.5 Å². The SMILES string of the molecule is CCCn1ccc(N[C@H]2OC[C@H](C(C)=O)[C@@H]2C)nc1=O. The van der Waals surface area contributed by atoms with Gasteiger partial charge in [0.05, 0.1) is 6.61 Å². The summed E-state index contributed by atoms with van der Waals surface area (Å²) in [5.41, 5.74) is -0.273. The van der Waals surface area contributed by atoms with Gasteiger partial charge in [0, 0.05) is 24.6 Å². The molecule has 3 atom stereocenters. The van der Waals surface area contributed by atoms with E-state index >= 15 is 0 Å². The third kappa shape index (κ3) is 3.07. The monoisotopic (exact) mass is 279 g/mol. The minimum atomic E-state index is -0.280. The molecule has 6 nitrogen and oxygen atoms in total. The number of anilines is 1. The molecular formula is C14H21N3O3. The predicted octanol–water partition coefficient (Wildman–Crippen LogP) is 1.26. The van der Waals surface area contributed by atoms with Crippen LogP contribution in [0.1, 0.15) is 27.2 Å². The van der Waals surface area contributed by atoms with Crippen molar-refractivity contribution in [3.05, 3.63) is 22.7 Å². The normalized spacial score (nSPS) is 25.6. The van der Waals surface area contributed by atoms with Crippen molar-refractivity contribution in [1.82, 2.24) is 9.55 Å². The first-order valence-corrected chi connectivity index (χ1v) is 6.99. The first kappa shape index (κ1) is 14.7. The molecule has 0 bridgehead atoms. The van der Waals surface area contributed by atoms with Crippen LogP contribution in [0, 0.1) is 11.8 Å². The lowest BCUT2D eigenvalue weighted by atomic mass is 9.93. The largest absolute Gasteiger partial charge is 0.357 e. The third-order valence-corrected chi connectivity index (χ3v) is 3.72. The number of carbonyl (C=O) groups excluding carboxylic acids is 1. The molecule has 6 heteroatoms. The van der Waals surface area contributed by atoms with Gasteiger partial charge in [-0.1, -0.05) is 13.8 Å². The summed E-state index contributed by atoms with van der Waals surface area (Å²) < 4.78 is 7.15. The van der Waals surface area contributed by atoms with Crippen LogP contribution >= 0.6 is 0 Å². The van der Waals surface area contributed by atoms with E-state index < -0.39 is 0 Å². The fourth-order valence-electron chi connectivity index (χ4n) is 2.45. The lowest BCUT2D eigenvalue weighted by Crippen LogP contribution is -2.30. The van der Waals surface area contributed by atoms with Gasteiger partial charge in [-0.2, -0.15) is 4.98 Å². The van der Waals surface area contributed by atoms with Crippen LogP contribution < -0.4 is 11.0 Å². The van der Waals surface area contributed by atoms with Gasteiger partial charge in [-0.25, -0.2) is 4.79 Å². The van der Waals surface area contributed by atoms with Crippen molar-refractivity contribution in [3.8, 4) is 0 Å². The Morgan fingerprint density at radius 2 is 2.35 bits per heavy atom. The molecule has 1 aliphatic heterocycles. The molecule has 2 rings (SSSR count). The van der Waals surface area contributed by atoms with Gasteiger partial charge in [0.1, 0.15) is 17.8 Å². The van der Waals surface area contributed by atoms with Crippen LogP contribution in [0.15, 0.2) is 17.1 Å². The second kappa shape index (κ2) is 6.17. The molecule has 20 heavy (non-hydrogen) atoms. The van der Waals surface area contributed by atoms with Crippen LogP contribution in [-0.2, 0) is 16.1 Å². The topological polar surface area (TPSA) is 73.2 Å². The number of ketones is 1. The molecule has 0 aliphatic carbocycles. The van der Waals surface area contributed by atoms with E-state index in [1.807, 2.05) is 13.8 Å². The number of hydrogen-bond donors (Lipinski definition) is 1. The Morgan fingerprint density at radius 3 is 2.90 bits per heavy atom. The zero-order valence-corrected chi connectivity index (χ0v) is 12.1. The maximum atomic E-state index is 11.8. The minimum Gasteiger partial charge on any atom is -0.357 e. The average molecular weight is 279 g/mol. The molecule has 2 heterocycles. The molecule has 0 unspecified atom stereocenters. The summed E-state index contributed by atoms with van der Waals surface area (Å²) in [6.07, 6.45) is 2.33. The van der Waals surface area contributed by atoms with Gasteiger partial charge in [-0.3, -0.25) is 9.36 Å². The fourth-order valence-corrected chi connectivity index (χ4v) is 2.45. The number of rotatable bonds is 5. The summed E-state index contributed by atoms with van der Waals surface area (Å²) in [4.78, 5) is 27.2. The van der Waals surface area contributed by atoms with Crippen molar-refractivity contribution in [1.29, 1.82) is 0 Å². The quantitative estimate of drug-likeness (QED) is 0.878. The molecule has 0 spiro atoms. The molecule has 1 N–H and O–H groups in total. The van der Waals surface area contributed by atoms with E-state index in [2.05, 4.69) is 10.3 Å². The highest BCUT2D eigenvalue weighted by Crippen LogP contribution is 2.27. The molecule has 0 amide bonds. The maximum Gasteiger partial charge on any atom is 0.349 e. The Balaban J connectivity index is 2.06. The lowest BCUT2D eigenvalue weighted by molar-refractivity contribution is -0.121. The van der Waals surface area contributed by atoms with Crippen molar-refractivity contribution < 1.29 is 9.53 Å². The van der Waals surface area contributed by atoms with Crippen LogP contribution in [0.4, 0.5) is 5.82 Å². The summed E-state index contributed by atoms with van der Waals surface area (Å²) in [7, 11) is 0. The summed E-state index contributed by atoms with van der Waals surface area (Å²) >= 11 is 0. The highest BCUT2D eigenvalue weighted by molar-refractivity contribution is 5.79. The molecule has 0 radical (unpaired) electrons. The molecule has 0 aromatic carbocycles. The van der Waals surface area contributed by atoms with Gasteiger partial charge in [0.2, 0.25) is 0 Å². The molecule has 0 saturated carbocycles. The molecular weight excluding hydrogens is 258 g/mol. The van der Waals surface area contributed by atoms with Gasteiger partial charge in [0.25, 0.3) is 0 Å². The molecule has 1 aliphatic rings. The van der Waals surface area contributed by atoms with E-state index in [0.29, 0.717) is 19.0 Å². The highest BCUT2D eigenvalue weighted by Gasteiger charge is 2.36.